The number of rotatable bonds is 2. The zero-order chi connectivity index (χ0) is 12.5. The largest absolute Gasteiger partial charge is 0.380 e. The average molecular weight is 261 g/mol. The molecule has 94 valence electrons. The summed E-state index contributed by atoms with van der Waals surface area (Å²) in [6.45, 7) is 0.432. The third-order valence-corrected chi connectivity index (χ3v) is 4.01. The van der Waals surface area contributed by atoms with Gasteiger partial charge < -0.3 is 4.74 Å². The summed E-state index contributed by atoms with van der Waals surface area (Å²) < 4.78 is 40.6. The van der Waals surface area contributed by atoms with Crippen molar-refractivity contribution in [2.24, 2.45) is 5.14 Å². The number of hydrogen-bond donors (Lipinski definition) is 1. The van der Waals surface area contributed by atoms with Crippen molar-refractivity contribution in [2.75, 3.05) is 13.2 Å². The molecule has 2 rings (SSSR count). The second-order valence-electron chi connectivity index (χ2n) is 3.86. The van der Waals surface area contributed by atoms with Crippen LogP contribution < -0.4 is 5.14 Å². The maximum Gasteiger partial charge on any atom is 0.214 e. The highest BCUT2D eigenvalue weighted by atomic mass is 32.2. The van der Waals surface area contributed by atoms with Gasteiger partial charge in [-0.25, -0.2) is 27.9 Å². The van der Waals surface area contributed by atoms with Gasteiger partial charge in [-0.2, -0.15) is 0 Å². The van der Waals surface area contributed by atoms with E-state index >= 15 is 0 Å². The van der Waals surface area contributed by atoms with Crippen LogP contribution in [-0.2, 0) is 14.8 Å². The van der Waals surface area contributed by atoms with E-state index in [1.54, 1.807) is 0 Å². The molecule has 2 atom stereocenters. The summed E-state index contributed by atoms with van der Waals surface area (Å²) >= 11 is 0. The quantitative estimate of drug-likeness (QED) is 0.794. The van der Waals surface area contributed by atoms with Crippen molar-refractivity contribution < 1.29 is 17.5 Å². The summed E-state index contributed by atoms with van der Waals surface area (Å²) in [5.41, 5.74) is 0. The predicted molar refractivity (Wildman–Crippen MR) is 57.1 cm³/mol. The topological polar surface area (TPSA) is 95.2 Å². The minimum absolute atomic E-state index is 0.0181. The molecule has 2 N–H and O–H groups in total. The van der Waals surface area contributed by atoms with Crippen molar-refractivity contribution in [2.45, 2.75) is 17.6 Å². The van der Waals surface area contributed by atoms with Crippen molar-refractivity contribution >= 4 is 10.0 Å². The molecule has 1 aromatic heterocycles. The molecule has 8 heteroatoms. The average Bonchev–Trinajstić information content (AvgIpc) is 2.29. The van der Waals surface area contributed by atoms with Gasteiger partial charge in [-0.15, -0.1) is 0 Å². The van der Waals surface area contributed by atoms with E-state index < -0.39 is 27.0 Å². The first kappa shape index (κ1) is 12.3. The molecular weight excluding hydrogens is 249 g/mol. The normalized spacial score (nSPS) is 25.8. The number of nitrogens with zero attached hydrogens (tertiary/aromatic N) is 2. The first-order valence-corrected chi connectivity index (χ1v) is 6.66. The van der Waals surface area contributed by atoms with Gasteiger partial charge >= 0.3 is 0 Å². The molecule has 1 saturated heterocycles. The zero-order valence-corrected chi connectivity index (χ0v) is 9.73. The number of hydrogen-bond acceptors (Lipinski definition) is 5. The second-order valence-corrected chi connectivity index (χ2v) is 5.64. The monoisotopic (exact) mass is 261 g/mol. The van der Waals surface area contributed by atoms with Gasteiger partial charge in [0.05, 0.1) is 19.0 Å². The predicted octanol–water partition coefficient (Wildman–Crippen LogP) is -0.223. The maximum absolute atomic E-state index is 12.7. The van der Waals surface area contributed by atoms with Crippen LogP contribution in [0.5, 0.6) is 0 Å². The van der Waals surface area contributed by atoms with E-state index in [9.17, 15) is 12.8 Å². The van der Waals surface area contributed by atoms with Gasteiger partial charge in [0.25, 0.3) is 0 Å². The van der Waals surface area contributed by atoms with Gasteiger partial charge in [-0.05, 0) is 6.42 Å². The Balaban J connectivity index is 2.31. The summed E-state index contributed by atoms with van der Waals surface area (Å²) in [5, 5.41) is 4.26. The van der Waals surface area contributed by atoms with E-state index in [0.717, 1.165) is 12.4 Å². The van der Waals surface area contributed by atoms with Crippen LogP contribution in [0.2, 0.25) is 0 Å². The highest BCUT2D eigenvalue weighted by molar-refractivity contribution is 7.89. The van der Waals surface area contributed by atoms with Crippen molar-refractivity contribution in [3.05, 3.63) is 24.0 Å². The molecule has 1 aromatic rings. The first-order chi connectivity index (χ1) is 7.98. The van der Waals surface area contributed by atoms with E-state index in [4.69, 9.17) is 9.88 Å². The minimum Gasteiger partial charge on any atom is -0.380 e. The summed E-state index contributed by atoms with van der Waals surface area (Å²) in [7, 11) is -3.73. The number of sulfonamides is 1. The summed E-state index contributed by atoms with van der Waals surface area (Å²) in [5.74, 6) is -0.721. The van der Waals surface area contributed by atoms with Crippen LogP contribution in [0, 0.1) is 5.82 Å². The van der Waals surface area contributed by atoms with E-state index in [1.807, 2.05) is 0 Å². The molecule has 0 aromatic carbocycles. The van der Waals surface area contributed by atoms with Crippen molar-refractivity contribution in [1.82, 2.24) is 9.97 Å². The molecule has 0 unspecified atom stereocenters. The Morgan fingerprint density at radius 2 is 2.06 bits per heavy atom. The number of nitrogens with two attached hydrogens (primary N) is 1. The Morgan fingerprint density at radius 3 is 2.65 bits per heavy atom. The van der Waals surface area contributed by atoms with Crippen LogP contribution in [0.1, 0.15) is 18.2 Å². The SMILES string of the molecule is NS(=O)(=O)[C@H]1COCC[C@@H]1c1ncc(F)cn1. The molecule has 0 amide bonds. The molecule has 0 saturated carbocycles. The van der Waals surface area contributed by atoms with E-state index in [2.05, 4.69) is 9.97 Å². The lowest BCUT2D eigenvalue weighted by Crippen LogP contribution is -2.41. The molecule has 6 nitrogen and oxygen atoms in total. The lowest BCUT2D eigenvalue weighted by Gasteiger charge is -2.28. The van der Waals surface area contributed by atoms with Gasteiger partial charge in [0.1, 0.15) is 11.1 Å². The highest BCUT2D eigenvalue weighted by Gasteiger charge is 2.36. The lowest BCUT2D eigenvalue weighted by molar-refractivity contribution is 0.0861. The summed E-state index contributed by atoms with van der Waals surface area (Å²) in [4.78, 5) is 7.61. The summed E-state index contributed by atoms with van der Waals surface area (Å²) in [6.07, 6.45) is 2.47. The van der Waals surface area contributed by atoms with E-state index in [1.165, 1.54) is 0 Å². The minimum atomic E-state index is -3.73. The van der Waals surface area contributed by atoms with Crippen molar-refractivity contribution in [1.29, 1.82) is 0 Å². The molecule has 0 radical (unpaired) electrons. The first-order valence-electron chi connectivity index (χ1n) is 5.05. The highest BCUT2D eigenvalue weighted by Crippen LogP contribution is 2.28. The molecule has 1 fully saturated rings. The van der Waals surface area contributed by atoms with Gasteiger partial charge in [0.15, 0.2) is 5.82 Å². The molecule has 2 heterocycles. The second kappa shape index (κ2) is 4.63. The fourth-order valence-corrected chi connectivity index (χ4v) is 2.85. The van der Waals surface area contributed by atoms with Crippen LogP contribution in [0.4, 0.5) is 4.39 Å². The lowest BCUT2D eigenvalue weighted by atomic mass is 9.99. The van der Waals surface area contributed by atoms with Crippen LogP contribution in [0.15, 0.2) is 12.4 Å². The molecular formula is C9H12FN3O3S. The fourth-order valence-electron chi connectivity index (χ4n) is 1.84. The number of aromatic nitrogens is 2. The van der Waals surface area contributed by atoms with Gasteiger partial charge in [-0.3, -0.25) is 0 Å². The van der Waals surface area contributed by atoms with Gasteiger partial charge in [-0.1, -0.05) is 0 Å². The van der Waals surface area contributed by atoms with E-state index in [-0.39, 0.29) is 12.4 Å². The Morgan fingerprint density at radius 1 is 1.41 bits per heavy atom. The van der Waals surface area contributed by atoms with Gasteiger partial charge in [0.2, 0.25) is 10.0 Å². The van der Waals surface area contributed by atoms with Gasteiger partial charge in [0, 0.05) is 12.5 Å². The molecule has 17 heavy (non-hydrogen) atoms. The van der Waals surface area contributed by atoms with Crippen LogP contribution >= 0.6 is 0 Å². The van der Waals surface area contributed by atoms with E-state index in [0.29, 0.717) is 13.0 Å². The molecule has 1 aliphatic heterocycles. The smallest absolute Gasteiger partial charge is 0.214 e. The maximum atomic E-state index is 12.7. The molecule has 0 aliphatic carbocycles. The van der Waals surface area contributed by atoms with Crippen LogP contribution in [-0.4, -0.2) is 36.8 Å². The van der Waals surface area contributed by atoms with Crippen molar-refractivity contribution in [3.63, 3.8) is 0 Å². The third kappa shape index (κ3) is 2.76. The van der Waals surface area contributed by atoms with Crippen LogP contribution in [0.25, 0.3) is 0 Å². The summed E-state index contributed by atoms with van der Waals surface area (Å²) in [6, 6.07) is 0. The zero-order valence-electron chi connectivity index (χ0n) is 8.91. The Kier molecular flexibility index (Phi) is 3.36. The molecule has 1 aliphatic rings. The third-order valence-electron chi connectivity index (χ3n) is 2.70. The number of ether oxygens (including phenoxy) is 1. The standard InChI is InChI=1S/C9H12FN3O3S/c10-6-3-12-9(13-4-6)7-1-2-16-5-8(7)17(11,14)15/h3-4,7-8H,1-2,5H2,(H2,11,14,15)/t7-,8-/m0/s1. The number of halogens is 1. The van der Waals surface area contributed by atoms with Crippen molar-refractivity contribution in [3.8, 4) is 0 Å². The Hall–Kier alpha value is -1.12. The fraction of sp³-hybridized carbons (Fsp3) is 0.556. The molecule has 0 bridgehead atoms. The Bertz CT molecular complexity index is 491. The number of primary sulfonamides is 1. The van der Waals surface area contributed by atoms with Crippen LogP contribution in [0.3, 0.4) is 0 Å². The molecule has 0 spiro atoms. The Labute approximate surface area is 98.1 Å².